The highest BCUT2D eigenvalue weighted by Gasteiger charge is 2.30. The molecule has 0 radical (unpaired) electrons. The van der Waals surface area contributed by atoms with E-state index in [4.69, 9.17) is 14.2 Å². The second-order valence-electron chi connectivity index (χ2n) is 6.78. The quantitative estimate of drug-likeness (QED) is 0.483. The molecule has 3 rings (SSSR count). The molecule has 0 amide bonds. The fourth-order valence-corrected chi connectivity index (χ4v) is 4.85. The van der Waals surface area contributed by atoms with Crippen LogP contribution in [0, 0.1) is 6.92 Å². The zero-order valence-electron chi connectivity index (χ0n) is 16.6. The van der Waals surface area contributed by atoms with Gasteiger partial charge in [0.1, 0.15) is 29.6 Å². The van der Waals surface area contributed by atoms with Crippen molar-refractivity contribution in [1.29, 1.82) is 0 Å². The molecule has 2 aromatic rings. The Morgan fingerprint density at radius 3 is 2.52 bits per heavy atom. The third-order valence-electron chi connectivity index (χ3n) is 4.66. The van der Waals surface area contributed by atoms with Gasteiger partial charge in [-0.05, 0) is 55.7 Å². The van der Waals surface area contributed by atoms with Crippen molar-refractivity contribution in [3.05, 3.63) is 53.6 Å². The van der Waals surface area contributed by atoms with Crippen molar-refractivity contribution in [2.45, 2.75) is 24.7 Å². The van der Waals surface area contributed by atoms with E-state index < -0.39 is 16.0 Å². The minimum absolute atomic E-state index is 0.0210. The summed E-state index contributed by atoms with van der Waals surface area (Å²) in [7, 11) is -2.33. The minimum Gasteiger partial charge on any atom is -0.495 e. The Bertz CT molecular complexity index is 967. The number of aryl methyl sites for hydroxylation is 1. The molecule has 1 aliphatic heterocycles. The number of benzene rings is 2. The van der Waals surface area contributed by atoms with Gasteiger partial charge in [0.15, 0.2) is 0 Å². The maximum atomic E-state index is 12.9. The van der Waals surface area contributed by atoms with Crippen molar-refractivity contribution >= 4 is 16.0 Å². The molecule has 156 valence electrons. The molecule has 7 nitrogen and oxygen atoms in total. The van der Waals surface area contributed by atoms with Crippen LogP contribution >= 0.6 is 0 Å². The molecule has 0 spiro atoms. The van der Waals surface area contributed by atoms with Crippen molar-refractivity contribution in [3.8, 4) is 11.5 Å². The number of hydrogen-bond donors (Lipinski definition) is 0. The summed E-state index contributed by atoms with van der Waals surface area (Å²) < 4.78 is 43.2. The van der Waals surface area contributed by atoms with Gasteiger partial charge in [-0.1, -0.05) is 12.1 Å². The average molecular weight is 419 g/mol. The number of methoxy groups -OCH3 is 1. The smallest absolute Gasteiger partial charge is 0.338 e. The fraction of sp³-hybridized carbons (Fsp3) is 0.381. The van der Waals surface area contributed by atoms with Gasteiger partial charge >= 0.3 is 5.97 Å². The summed E-state index contributed by atoms with van der Waals surface area (Å²) in [6.45, 7) is 3.15. The Balaban J connectivity index is 1.66. The van der Waals surface area contributed by atoms with E-state index in [1.807, 2.05) is 31.2 Å². The van der Waals surface area contributed by atoms with Crippen molar-refractivity contribution in [1.82, 2.24) is 4.31 Å². The first-order valence-corrected chi connectivity index (χ1v) is 10.9. The summed E-state index contributed by atoms with van der Waals surface area (Å²) in [6.07, 6.45) is 1.65. The normalized spacial score (nSPS) is 14.6. The monoisotopic (exact) mass is 419 g/mol. The fourth-order valence-electron chi connectivity index (χ4n) is 3.16. The minimum atomic E-state index is -3.73. The molecular formula is C21H25NO6S. The van der Waals surface area contributed by atoms with Gasteiger partial charge in [0.25, 0.3) is 0 Å². The Morgan fingerprint density at radius 2 is 1.83 bits per heavy atom. The molecule has 0 saturated carbocycles. The highest BCUT2D eigenvalue weighted by molar-refractivity contribution is 7.89. The maximum Gasteiger partial charge on any atom is 0.338 e. The predicted octanol–water partition coefficient (Wildman–Crippen LogP) is 3.02. The average Bonchev–Trinajstić information content (AvgIpc) is 3.26. The summed E-state index contributed by atoms with van der Waals surface area (Å²) in [6, 6.07) is 11.8. The summed E-state index contributed by atoms with van der Waals surface area (Å²) in [5.74, 6) is 0.291. The first kappa shape index (κ1) is 21.1. The molecule has 1 fully saturated rings. The Kier molecular flexibility index (Phi) is 6.76. The van der Waals surface area contributed by atoms with Gasteiger partial charge in [0.2, 0.25) is 10.0 Å². The number of rotatable bonds is 8. The van der Waals surface area contributed by atoms with Gasteiger partial charge in [-0.15, -0.1) is 0 Å². The van der Waals surface area contributed by atoms with E-state index in [-0.39, 0.29) is 29.4 Å². The van der Waals surface area contributed by atoms with Crippen molar-refractivity contribution < 1.29 is 27.4 Å². The van der Waals surface area contributed by atoms with Crippen LogP contribution in [-0.2, 0) is 14.8 Å². The van der Waals surface area contributed by atoms with Gasteiger partial charge in [0, 0.05) is 13.1 Å². The van der Waals surface area contributed by atoms with Crippen molar-refractivity contribution in [3.63, 3.8) is 0 Å². The van der Waals surface area contributed by atoms with Gasteiger partial charge in [0.05, 0.1) is 12.7 Å². The number of carbonyl (C=O) groups is 1. The van der Waals surface area contributed by atoms with Gasteiger partial charge in [-0.2, -0.15) is 4.31 Å². The molecule has 29 heavy (non-hydrogen) atoms. The Labute approximate surface area is 171 Å². The van der Waals surface area contributed by atoms with E-state index >= 15 is 0 Å². The molecular weight excluding hydrogens is 394 g/mol. The van der Waals surface area contributed by atoms with Gasteiger partial charge < -0.3 is 14.2 Å². The summed E-state index contributed by atoms with van der Waals surface area (Å²) in [4.78, 5) is 12.4. The number of esters is 1. The molecule has 0 atom stereocenters. The molecule has 1 heterocycles. The maximum absolute atomic E-state index is 12.9. The lowest BCUT2D eigenvalue weighted by Crippen LogP contribution is -2.28. The molecule has 8 heteroatoms. The largest absolute Gasteiger partial charge is 0.495 e. The molecule has 0 N–H and O–H groups in total. The third kappa shape index (κ3) is 5.07. The van der Waals surface area contributed by atoms with Crippen LogP contribution in [0.4, 0.5) is 0 Å². The van der Waals surface area contributed by atoms with E-state index in [1.165, 1.54) is 29.6 Å². The lowest BCUT2D eigenvalue weighted by molar-refractivity contribution is 0.0450. The van der Waals surface area contributed by atoms with Crippen LogP contribution < -0.4 is 9.47 Å². The number of carbonyl (C=O) groups excluding carboxylic acids is 1. The van der Waals surface area contributed by atoms with Crippen molar-refractivity contribution in [2.24, 2.45) is 0 Å². The van der Waals surface area contributed by atoms with E-state index in [0.717, 1.165) is 18.4 Å². The van der Waals surface area contributed by atoms with Crippen LogP contribution in [0.25, 0.3) is 0 Å². The highest BCUT2D eigenvalue weighted by atomic mass is 32.2. The molecule has 1 saturated heterocycles. The molecule has 0 aromatic heterocycles. The SMILES string of the molecule is COc1ccc(C(=O)OCCOc2cccc(C)c2)cc1S(=O)(=O)N1CCCC1. The first-order valence-electron chi connectivity index (χ1n) is 9.46. The number of nitrogens with zero attached hydrogens (tertiary/aromatic N) is 1. The van der Waals surface area contributed by atoms with E-state index in [9.17, 15) is 13.2 Å². The summed E-state index contributed by atoms with van der Waals surface area (Å²) in [5, 5.41) is 0. The Morgan fingerprint density at radius 1 is 1.07 bits per heavy atom. The molecule has 0 aliphatic carbocycles. The van der Waals surface area contributed by atoms with E-state index in [2.05, 4.69) is 0 Å². The molecule has 0 unspecified atom stereocenters. The van der Waals surface area contributed by atoms with Crippen LogP contribution in [0.3, 0.4) is 0 Å². The molecule has 0 bridgehead atoms. The number of hydrogen-bond acceptors (Lipinski definition) is 6. The van der Waals surface area contributed by atoms with Gasteiger partial charge in [-0.3, -0.25) is 0 Å². The number of sulfonamides is 1. The topological polar surface area (TPSA) is 82.1 Å². The van der Waals surface area contributed by atoms with Crippen molar-refractivity contribution in [2.75, 3.05) is 33.4 Å². The highest BCUT2D eigenvalue weighted by Crippen LogP contribution is 2.30. The number of ether oxygens (including phenoxy) is 3. The summed E-state index contributed by atoms with van der Waals surface area (Å²) in [5.41, 5.74) is 1.23. The van der Waals surface area contributed by atoms with Gasteiger partial charge in [-0.25, -0.2) is 13.2 Å². The van der Waals surface area contributed by atoms with E-state index in [0.29, 0.717) is 18.8 Å². The third-order valence-corrected chi connectivity index (χ3v) is 6.58. The van der Waals surface area contributed by atoms with E-state index in [1.54, 1.807) is 0 Å². The summed E-state index contributed by atoms with van der Waals surface area (Å²) >= 11 is 0. The van der Waals surface area contributed by atoms with Crippen LogP contribution in [-0.4, -0.2) is 52.1 Å². The lowest BCUT2D eigenvalue weighted by atomic mass is 10.2. The first-order chi connectivity index (χ1) is 13.9. The van der Waals surface area contributed by atoms with Crippen LogP contribution in [0.2, 0.25) is 0 Å². The van der Waals surface area contributed by atoms with Crippen LogP contribution in [0.1, 0.15) is 28.8 Å². The molecule has 2 aromatic carbocycles. The zero-order chi connectivity index (χ0) is 20.9. The standard InChI is InChI=1S/C21H25NO6S/c1-16-6-5-7-18(14-16)27-12-13-28-21(23)17-8-9-19(26-2)20(15-17)29(24,25)22-10-3-4-11-22/h5-9,14-15H,3-4,10-13H2,1-2H3. The Hall–Kier alpha value is -2.58. The lowest BCUT2D eigenvalue weighted by Gasteiger charge is -2.18. The van der Waals surface area contributed by atoms with Crippen LogP contribution in [0.15, 0.2) is 47.4 Å². The molecule has 1 aliphatic rings. The van der Waals surface area contributed by atoms with Crippen LogP contribution in [0.5, 0.6) is 11.5 Å². The second kappa shape index (κ2) is 9.28. The second-order valence-corrected chi connectivity index (χ2v) is 8.68. The zero-order valence-corrected chi connectivity index (χ0v) is 17.4. The predicted molar refractivity (Wildman–Crippen MR) is 108 cm³/mol.